The number of likely N-dealkylation sites (tertiary alicyclic amines) is 1. The summed E-state index contributed by atoms with van der Waals surface area (Å²) in [5, 5.41) is 14.1. The van der Waals surface area contributed by atoms with E-state index in [4.69, 9.17) is 27.0 Å². The number of anilines is 2. The summed E-state index contributed by atoms with van der Waals surface area (Å²) in [7, 11) is 2.64. The number of nitriles is 1. The number of alkyl halides is 3. The first-order valence-electron chi connectivity index (χ1n) is 19.8. The van der Waals surface area contributed by atoms with E-state index in [1.807, 2.05) is 20.8 Å². The van der Waals surface area contributed by atoms with Crippen LogP contribution in [-0.2, 0) is 30.1 Å². The third-order valence-corrected chi connectivity index (χ3v) is 10.7. The van der Waals surface area contributed by atoms with Crippen molar-refractivity contribution in [2.45, 2.75) is 84.1 Å². The molecule has 2 unspecified atom stereocenters. The van der Waals surface area contributed by atoms with Crippen LogP contribution in [0.4, 0.5) is 37.7 Å². The number of thiocarbonyl (C=S) groups is 1. The average Bonchev–Trinajstić information content (AvgIpc) is 3.71. The number of hydrogen-bond donors (Lipinski definition) is 2. The number of likely N-dealkylation sites (N-methyl/N-ethyl adjacent to an activating group) is 1. The van der Waals surface area contributed by atoms with Crippen molar-refractivity contribution in [3.05, 3.63) is 71.2 Å². The van der Waals surface area contributed by atoms with E-state index in [2.05, 4.69) is 15.6 Å². The maximum absolute atomic E-state index is 15.7. The van der Waals surface area contributed by atoms with Crippen molar-refractivity contribution < 1.29 is 55.0 Å². The first-order chi connectivity index (χ1) is 29.5. The zero-order valence-corrected chi connectivity index (χ0v) is 36.6. The molecule has 2 N–H and O–H groups in total. The van der Waals surface area contributed by atoms with E-state index in [1.54, 1.807) is 0 Å². The van der Waals surface area contributed by atoms with Crippen LogP contribution in [0.15, 0.2) is 42.6 Å². The third kappa shape index (κ3) is 11.8. The molecule has 0 saturated carbocycles. The monoisotopic (exact) mass is 905 g/mol. The molecule has 3 aromatic rings. The Hall–Kier alpha value is -5.81. The number of aldehydes is 1. The van der Waals surface area contributed by atoms with Crippen molar-refractivity contribution in [3.63, 3.8) is 0 Å². The van der Waals surface area contributed by atoms with Gasteiger partial charge in [-0.25, -0.2) is 13.2 Å². The standard InChI is InChI=1S/C43H49F6N7O6S/c1-41(2,3)37(39(60)55-16-10-11-31(55)38(59)51-6)53-33(58)23-61-17-8-9-18-62-32-15-13-25(19-28(32)44)36-29(45)20-27(22-52-36)56(42(4,5)24-57)40(63)54(7)30-14-12-26(21-50)34(35(30)46)43(47,48)49/h12-15,19-20,22,24,31,37H,8-11,16-18,23H2,1-7H3,(H,51,59)(H,53,58). The van der Waals surface area contributed by atoms with E-state index in [1.165, 1.54) is 44.0 Å². The first kappa shape index (κ1) is 49.8. The van der Waals surface area contributed by atoms with Gasteiger partial charge in [-0.3, -0.25) is 19.4 Å². The highest BCUT2D eigenvalue weighted by Gasteiger charge is 2.42. The van der Waals surface area contributed by atoms with Gasteiger partial charge in [0, 0.05) is 38.9 Å². The maximum atomic E-state index is 15.7. The highest BCUT2D eigenvalue weighted by atomic mass is 32.1. The van der Waals surface area contributed by atoms with Crippen LogP contribution < -0.4 is 25.2 Å². The molecule has 4 rings (SSSR count). The number of unbranched alkanes of at least 4 members (excludes halogenated alkanes) is 1. The summed E-state index contributed by atoms with van der Waals surface area (Å²) in [5.74, 6) is -4.85. The number of nitrogens with zero attached hydrogens (tertiary/aromatic N) is 5. The second-order valence-corrected chi connectivity index (χ2v) is 16.7. The molecular formula is C43H49F6N7O6S. The lowest BCUT2D eigenvalue weighted by molar-refractivity contribution is -0.144. The van der Waals surface area contributed by atoms with Gasteiger partial charge in [-0.1, -0.05) is 20.8 Å². The Morgan fingerprint density at radius 1 is 1.05 bits per heavy atom. The van der Waals surface area contributed by atoms with Gasteiger partial charge in [0.1, 0.15) is 36.2 Å². The number of rotatable bonds is 16. The van der Waals surface area contributed by atoms with Crippen molar-refractivity contribution in [1.29, 1.82) is 5.26 Å². The number of benzene rings is 2. The molecule has 0 spiro atoms. The molecule has 2 atom stereocenters. The number of pyridine rings is 1. The summed E-state index contributed by atoms with van der Waals surface area (Å²) in [6.45, 7) is 8.50. The molecule has 340 valence electrons. The van der Waals surface area contributed by atoms with Crippen LogP contribution >= 0.6 is 12.2 Å². The van der Waals surface area contributed by atoms with Gasteiger partial charge in [0.25, 0.3) is 0 Å². The van der Waals surface area contributed by atoms with E-state index >= 15 is 13.2 Å². The Morgan fingerprint density at radius 3 is 2.32 bits per heavy atom. The van der Waals surface area contributed by atoms with Gasteiger partial charge in [-0.2, -0.15) is 18.4 Å². The van der Waals surface area contributed by atoms with Crippen LogP contribution in [0.5, 0.6) is 5.75 Å². The Balaban J connectivity index is 1.35. The van der Waals surface area contributed by atoms with Crippen LogP contribution in [-0.4, -0.2) is 97.1 Å². The second-order valence-electron chi connectivity index (χ2n) is 16.3. The average molecular weight is 906 g/mol. The minimum atomic E-state index is -5.22. The summed E-state index contributed by atoms with van der Waals surface area (Å²) in [6, 6.07) is 6.09. The zero-order chi connectivity index (χ0) is 47.0. The minimum Gasteiger partial charge on any atom is -0.491 e. The number of halogens is 6. The molecule has 2 aromatic carbocycles. The van der Waals surface area contributed by atoms with Gasteiger partial charge in [-0.05, 0) is 87.5 Å². The number of amides is 3. The van der Waals surface area contributed by atoms with Gasteiger partial charge in [0.15, 0.2) is 28.3 Å². The SMILES string of the molecule is CNC(=O)C1CCCN1C(=O)C(NC(=O)COCCCCOc1ccc(-c2ncc(N(C(=S)N(C)c3ccc(C#N)c(C(F)(F)F)c3F)C(C)(C)C=O)cc2F)cc1F)C(C)(C)C. The van der Waals surface area contributed by atoms with Crippen molar-refractivity contribution >= 4 is 52.7 Å². The van der Waals surface area contributed by atoms with Gasteiger partial charge in [-0.15, -0.1) is 0 Å². The van der Waals surface area contributed by atoms with Crippen LogP contribution in [0.3, 0.4) is 0 Å². The van der Waals surface area contributed by atoms with Crippen molar-refractivity contribution in [2.24, 2.45) is 5.41 Å². The molecule has 13 nitrogen and oxygen atoms in total. The van der Waals surface area contributed by atoms with Gasteiger partial charge >= 0.3 is 6.18 Å². The second kappa shape index (κ2) is 20.6. The Morgan fingerprint density at radius 2 is 1.73 bits per heavy atom. The highest BCUT2D eigenvalue weighted by Crippen LogP contribution is 2.39. The summed E-state index contributed by atoms with van der Waals surface area (Å²) in [6.07, 6.45) is -1.63. The van der Waals surface area contributed by atoms with E-state index in [9.17, 15) is 32.3 Å². The van der Waals surface area contributed by atoms with E-state index < -0.39 is 74.5 Å². The molecule has 0 radical (unpaired) electrons. The largest absolute Gasteiger partial charge is 0.491 e. The van der Waals surface area contributed by atoms with Crippen LogP contribution in [0, 0.1) is 34.2 Å². The number of hydrogen-bond acceptors (Lipinski definition) is 9. The molecule has 2 heterocycles. The van der Waals surface area contributed by atoms with Crippen molar-refractivity contribution in [2.75, 3.05) is 50.3 Å². The smallest absolute Gasteiger partial charge is 0.420 e. The zero-order valence-electron chi connectivity index (χ0n) is 35.8. The van der Waals surface area contributed by atoms with E-state index in [0.717, 1.165) is 47.3 Å². The predicted molar refractivity (Wildman–Crippen MR) is 225 cm³/mol. The third-order valence-electron chi connectivity index (χ3n) is 10.2. The number of aromatic nitrogens is 1. The fourth-order valence-corrected chi connectivity index (χ4v) is 7.30. The molecule has 1 fully saturated rings. The fourth-order valence-electron chi connectivity index (χ4n) is 6.86. The molecule has 1 aliphatic rings. The fraction of sp³-hybridized carbons (Fsp3) is 0.465. The van der Waals surface area contributed by atoms with Crippen LogP contribution in [0.1, 0.15) is 71.4 Å². The van der Waals surface area contributed by atoms with Crippen molar-refractivity contribution in [1.82, 2.24) is 20.5 Å². The molecule has 1 aromatic heterocycles. The molecule has 20 heteroatoms. The van der Waals surface area contributed by atoms with Gasteiger partial charge < -0.3 is 39.6 Å². The van der Waals surface area contributed by atoms with Gasteiger partial charge in [0.2, 0.25) is 17.7 Å². The molecule has 0 bridgehead atoms. The molecule has 1 saturated heterocycles. The number of ether oxygens (including phenoxy) is 2. The predicted octanol–water partition coefficient (Wildman–Crippen LogP) is 6.71. The van der Waals surface area contributed by atoms with Crippen LogP contribution in [0.25, 0.3) is 11.3 Å². The lowest BCUT2D eigenvalue weighted by atomic mass is 9.85. The number of carbonyl (C=O) groups excluding carboxylic acids is 4. The lowest BCUT2D eigenvalue weighted by Gasteiger charge is -2.39. The Labute approximate surface area is 366 Å². The number of carbonyl (C=O) groups is 4. The number of nitrogens with one attached hydrogen (secondary N) is 2. The normalized spacial score (nSPS) is 14.7. The summed E-state index contributed by atoms with van der Waals surface area (Å²) >= 11 is 5.49. The maximum Gasteiger partial charge on any atom is 0.420 e. The highest BCUT2D eigenvalue weighted by molar-refractivity contribution is 7.80. The molecular weight excluding hydrogens is 857 g/mol. The molecule has 0 aliphatic carbocycles. The minimum absolute atomic E-state index is 0.0119. The summed E-state index contributed by atoms with van der Waals surface area (Å²) in [4.78, 5) is 58.2. The first-order valence-corrected chi connectivity index (χ1v) is 20.2. The topological polar surface area (TPSA) is 157 Å². The van der Waals surface area contributed by atoms with E-state index in [-0.39, 0.29) is 54.3 Å². The van der Waals surface area contributed by atoms with Gasteiger partial charge in [0.05, 0.1) is 41.4 Å². The summed E-state index contributed by atoms with van der Waals surface area (Å²) in [5.41, 5.74) is -6.08. The van der Waals surface area contributed by atoms with E-state index in [0.29, 0.717) is 38.5 Å². The Kier molecular flexibility index (Phi) is 16.3. The molecule has 63 heavy (non-hydrogen) atoms. The molecule has 3 amide bonds. The summed E-state index contributed by atoms with van der Waals surface area (Å²) < 4.78 is 98.5. The lowest BCUT2D eigenvalue weighted by Crippen LogP contribution is -2.58. The van der Waals surface area contributed by atoms with Crippen LogP contribution in [0.2, 0.25) is 0 Å². The Bertz CT molecular complexity index is 2250. The van der Waals surface area contributed by atoms with Crippen molar-refractivity contribution in [3.8, 4) is 23.1 Å². The molecule has 1 aliphatic heterocycles. The quantitative estimate of drug-likeness (QED) is 0.0682.